The van der Waals surface area contributed by atoms with Crippen molar-refractivity contribution in [2.75, 3.05) is 25.0 Å². The van der Waals surface area contributed by atoms with Crippen molar-refractivity contribution in [1.29, 1.82) is 0 Å². The van der Waals surface area contributed by atoms with Gasteiger partial charge in [0.05, 0.1) is 5.69 Å². The maximum Gasteiger partial charge on any atom is 0.247 e. The zero-order valence-electron chi connectivity index (χ0n) is 11.7. The molecule has 0 spiro atoms. The third kappa shape index (κ3) is 2.80. The smallest absolute Gasteiger partial charge is 0.247 e. The molecule has 0 bridgehead atoms. The maximum absolute atomic E-state index is 4.08. The van der Waals surface area contributed by atoms with Gasteiger partial charge in [0, 0.05) is 6.54 Å². The summed E-state index contributed by atoms with van der Waals surface area (Å²) in [4.78, 5) is 0. The van der Waals surface area contributed by atoms with Crippen LogP contribution in [-0.2, 0) is 0 Å². The van der Waals surface area contributed by atoms with E-state index >= 15 is 0 Å². The highest BCUT2D eigenvalue weighted by molar-refractivity contribution is 5.38. The lowest BCUT2D eigenvalue weighted by Gasteiger charge is -2.34. The predicted octanol–water partition coefficient (Wildman–Crippen LogP) is 1.46. The Morgan fingerprint density at radius 1 is 1.25 bits per heavy atom. The average molecular weight is 272 g/mol. The zero-order chi connectivity index (χ0) is 13.8. The Hall–Kier alpha value is -1.95. The Balaban J connectivity index is 1.71. The number of nitrogens with zero attached hydrogens (tertiary/aromatic N) is 4. The molecule has 0 atom stereocenters. The number of rotatable bonds is 4. The minimum atomic E-state index is 0.304. The number of piperidine rings is 1. The van der Waals surface area contributed by atoms with Crippen LogP contribution in [0.25, 0.3) is 5.69 Å². The van der Waals surface area contributed by atoms with Gasteiger partial charge in [0.25, 0.3) is 0 Å². The summed E-state index contributed by atoms with van der Waals surface area (Å²) in [5.74, 6) is 0.705. The van der Waals surface area contributed by atoms with Gasteiger partial charge in [-0.15, -0.1) is 0 Å². The van der Waals surface area contributed by atoms with Gasteiger partial charge >= 0.3 is 0 Å². The lowest BCUT2D eigenvalue weighted by atomic mass is 9.81. The summed E-state index contributed by atoms with van der Waals surface area (Å²) in [7, 11) is 0. The third-order valence-electron chi connectivity index (χ3n) is 3.95. The molecule has 1 aromatic heterocycles. The molecule has 2 heterocycles. The minimum absolute atomic E-state index is 0.304. The number of benzene rings is 1. The number of hydrogen-bond donors (Lipinski definition) is 2. The first-order valence-electron chi connectivity index (χ1n) is 7.05. The number of aromatic nitrogens is 4. The van der Waals surface area contributed by atoms with Crippen molar-refractivity contribution < 1.29 is 0 Å². The van der Waals surface area contributed by atoms with E-state index in [9.17, 15) is 0 Å². The molecule has 0 aliphatic carbocycles. The first kappa shape index (κ1) is 13.1. The Bertz CT molecular complexity index is 544. The Morgan fingerprint density at radius 2 is 2.00 bits per heavy atom. The lowest BCUT2D eigenvalue weighted by Crippen LogP contribution is -2.39. The SMILES string of the molecule is CC1(CNc2nnnn2-c2ccccc2)CCNCC1. The van der Waals surface area contributed by atoms with E-state index in [0.29, 0.717) is 11.4 Å². The van der Waals surface area contributed by atoms with E-state index < -0.39 is 0 Å². The first-order valence-corrected chi connectivity index (χ1v) is 7.05. The highest BCUT2D eigenvalue weighted by Gasteiger charge is 2.27. The molecule has 6 heteroatoms. The predicted molar refractivity (Wildman–Crippen MR) is 77.9 cm³/mol. The summed E-state index contributed by atoms with van der Waals surface area (Å²) in [5, 5.41) is 18.7. The fourth-order valence-corrected chi connectivity index (χ4v) is 2.54. The molecular formula is C14H20N6. The Morgan fingerprint density at radius 3 is 2.75 bits per heavy atom. The van der Waals surface area contributed by atoms with Crippen molar-refractivity contribution in [2.45, 2.75) is 19.8 Å². The van der Waals surface area contributed by atoms with Gasteiger partial charge in [0.1, 0.15) is 0 Å². The molecule has 1 saturated heterocycles. The van der Waals surface area contributed by atoms with Crippen LogP contribution in [0.1, 0.15) is 19.8 Å². The molecule has 6 nitrogen and oxygen atoms in total. The van der Waals surface area contributed by atoms with Crippen molar-refractivity contribution in [3.8, 4) is 5.69 Å². The van der Waals surface area contributed by atoms with Gasteiger partial charge in [-0.05, 0) is 53.9 Å². The standard InChI is InChI=1S/C14H20N6/c1-14(7-9-15-10-8-14)11-16-13-17-18-19-20(13)12-5-3-2-4-6-12/h2-6,15H,7-11H2,1H3,(H,16,17,19). The molecule has 0 saturated carbocycles. The lowest BCUT2D eigenvalue weighted by molar-refractivity contribution is 0.246. The van der Waals surface area contributed by atoms with Gasteiger partial charge in [0.2, 0.25) is 5.95 Å². The number of anilines is 1. The summed E-state index contributed by atoms with van der Waals surface area (Å²) in [6, 6.07) is 9.93. The molecular weight excluding hydrogens is 252 g/mol. The molecule has 2 aromatic rings. The fourth-order valence-electron chi connectivity index (χ4n) is 2.54. The number of hydrogen-bond acceptors (Lipinski definition) is 5. The van der Waals surface area contributed by atoms with Crippen molar-refractivity contribution in [3.63, 3.8) is 0 Å². The van der Waals surface area contributed by atoms with Crippen LogP contribution >= 0.6 is 0 Å². The zero-order valence-corrected chi connectivity index (χ0v) is 11.7. The molecule has 1 fully saturated rings. The second kappa shape index (κ2) is 5.58. The number of tetrazole rings is 1. The Kier molecular flexibility index (Phi) is 3.64. The average Bonchev–Trinajstić information content (AvgIpc) is 2.95. The molecule has 0 radical (unpaired) electrons. The van der Waals surface area contributed by atoms with Crippen molar-refractivity contribution in [1.82, 2.24) is 25.5 Å². The first-order chi connectivity index (χ1) is 9.77. The molecule has 1 aromatic carbocycles. The molecule has 2 N–H and O–H groups in total. The summed E-state index contributed by atoms with van der Waals surface area (Å²) < 4.78 is 1.74. The summed E-state index contributed by atoms with van der Waals surface area (Å²) >= 11 is 0. The monoisotopic (exact) mass is 272 g/mol. The van der Waals surface area contributed by atoms with Crippen LogP contribution in [0.4, 0.5) is 5.95 Å². The maximum atomic E-state index is 4.08. The topological polar surface area (TPSA) is 67.7 Å². The molecule has 106 valence electrons. The van der Waals surface area contributed by atoms with Gasteiger partial charge in [-0.3, -0.25) is 0 Å². The third-order valence-corrected chi connectivity index (χ3v) is 3.95. The number of nitrogens with one attached hydrogen (secondary N) is 2. The van der Waals surface area contributed by atoms with E-state index in [1.165, 1.54) is 12.8 Å². The normalized spacial score (nSPS) is 17.9. The highest BCUT2D eigenvalue weighted by Crippen LogP contribution is 2.28. The van der Waals surface area contributed by atoms with E-state index in [0.717, 1.165) is 25.3 Å². The van der Waals surface area contributed by atoms with Gasteiger partial charge in [-0.1, -0.05) is 30.2 Å². The van der Waals surface area contributed by atoms with Crippen molar-refractivity contribution in [3.05, 3.63) is 30.3 Å². The van der Waals surface area contributed by atoms with E-state index in [1.807, 2.05) is 30.3 Å². The summed E-state index contributed by atoms with van der Waals surface area (Å²) in [6.07, 6.45) is 2.35. The van der Waals surface area contributed by atoms with E-state index in [2.05, 4.69) is 33.1 Å². The van der Waals surface area contributed by atoms with Crippen LogP contribution in [0.5, 0.6) is 0 Å². The van der Waals surface area contributed by atoms with Crippen LogP contribution in [0.2, 0.25) is 0 Å². The van der Waals surface area contributed by atoms with Crippen molar-refractivity contribution >= 4 is 5.95 Å². The Labute approximate surface area is 118 Å². The van der Waals surface area contributed by atoms with Gasteiger partial charge in [-0.25, -0.2) is 0 Å². The van der Waals surface area contributed by atoms with E-state index in [1.54, 1.807) is 4.68 Å². The summed E-state index contributed by atoms with van der Waals surface area (Å²) in [6.45, 7) is 5.38. The number of para-hydroxylation sites is 1. The van der Waals surface area contributed by atoms with Gasteiger partial charge in [-0.2, -0.15) is 4.68 Å². The van der Waals surface area contributed by atoms with Crippen LogP contribution in [0.15, 0.2) is 30.3 Å². The van der Waals surface area contributed by atoms with E-state index in [4.69, 9.17) is 0 Å². The van der Waals surface area contributed by atoms with Crippen LogP contribution in [-0.4, -0.2) is 39.8 Å². The summed E-state index contributed by atoms with van der Waals surface area (Å²) in [5.41, 5.74) is 1.27. The van der Waals surface area contributed by atoms with Gasteiger partial charge < -0.3 is 10.6 Å². The van der Waals surface area contributed by atoms with Crippen LogP contribution in [0, 0.1) is 5.41 Å². The van der Waals surface area contributed by atoms with Crippen LogP contribution in [0.3, 0.4) is 0 Å². The minimum Gasteiger partial charge on any atom is -0.352 e. The molecule has 0 unspecified atom stereocenters. The second-order valence-electron chi connectivity index (χ2n) is 5.66. The molecule has 1 aliphatic heterocycles. The molecule has 20 heavy (non-hydrogen) atoms. The highest BCUT2D eigenvalue weighted by atomic mass is 15.6. The quantitative estimate of drug-likeness (QED) is 0.882. The van der Waals surface area contributed by atoms with Crippen molar-refractivity contribution in [2.24, 2.45) is 5.41 Å². The largest absolute Gasteiger partial charge is 0.352 e. The molecule has 0 amide bonds. The van der Waals surface area contributed by atoms with Crippen LogP contribution < -0.4 is 10.6 Å². The second-order valence-corrected chi connectivity index (χ2v) is 5.66. The molecule has 3 rings (SSSR count). The van der Waals surface area contributed by atoms with E-state index in [-0.39, 0.29) is 0 Å². The fraction of sp³-hybridized carbons (Fsp3) is 0.500. The molecule has 1 aliphatic rings. The van der Waals surface area contributed by atoms with Gasteiger partial charge in [0.15, 0.2) is 0 Å².